The molecule has 0 radical (unpaired) electrons. The summed E-state index contributed by atoms with van der Waals surface area (Å²) in [6.45, 7) is 8.09. The van der Waals surface area contributed by atoms with Crippen molar-refractivity contribution in [3.05, 3.63) is 35.9 Å². The number of azo groups is 1. The van der Waals surface area contributed by atoms with Crippen LogP contribution >= 0.6 is 23.4 Å². The second-order valence-electron chi connectivity index (χ2n) is 6.87. The van der Waals surface area contributed by atoms with Crippen molar-refractivity contribution in [1.82, 2.24) is 4.98 Å². The van der Waals surface area contributed by atoms with Crippen molar-refractivity contribution in [2.24, 2.45) is 10.2 Å². The number of thiazole rings is 1. The monoisotopic (exact) mass is 462 g/mol. The molecule has 1 N–H and O–H groups in total. The largest absolute Gasteiger partial charge is 0.495 e. The van der Waals surface area contributed by atoms with E-state index in [4.69, 9.17) is 14.3 Å². The molecule has 0 aliphatic rings. The Morgan fingerprint density at radius 2 is 1.90 bits per heavy atom. The zero-order valence-electron chi connectivity index (χ0n) is 18.0. The molecule has 0 aliphatic carbocycles. The van der Waals surface area contributed by atoms with Gasteiger partial charge in [-0.05, 0) is 43.5 Å². The Kier molecular flexibility index (Phi) is 8.61. The lowest BCUT2D eigenvalue weighted by Gasteiger charge is -2.26. The maximum atomic E-state index is 8.64. The standard InChI is InChI=1S/C21H26N4O4S2/c1-5-9-25(10-6-2)17-13-20(31-29-28-26)16(12-18(17)27-4)23-24-21-22-15-8-7-14(3)11-19(15)30-21/h7-8,11-13,26H,5-6,9-10H2,1-4H3/b24-23+. The summed E-state index contributed by atoms with van der Waals surface area (Å²) in [5.41, 5.74) is 3.50. The average molecular weight is 463 g/mol. The van der Waals surface area contributed by atoms with E-state index in [0.29, 0.717) is 21.5 Å². The second kappa shape index (κ2) is 11.4. The average Bonchev–Trinajstić information content (AvgIpc) is 3.17. The zero-order valence-corrected chi connectivity index (χ0v) is 19.6. The molecule has 0 saturated heterocycles. The SMILES string of the molecule is CCCN(CCC)c1cc(SOOO)c(/N=N/c2nc3ccc(C)cc3s2)cc1OC. The number of hydrogen-bond acceptors (Lipinski definition) is 10. The van der Waals surface area contributed by atoms with Crippen LogP contribution in [-0.2, 0) is 9.37 Å². The molecule has 0 fully saturated rings. The number of ether oxygens (including phenoxy) is 1. The molecule has 0 aliphatic heterocycles. The lowest BCUT2D eigenvalue weighted by atomic mass is 10.2. The number of aryl methyl sites for hydroxylation is 1. The highest BCUT2D eigenvalue weighted by Gasteiger charge is 2.17. The van der Waals surface area contributed by atoms with Crippen molar-refractivity contribution in [1.29, 1.82) is 0 Å². The number of hydrogen-bond donors (Lipinski definition) is 1. The van der Waals surface area contributed by atoms with Gasteiger partial charge < -0.3 is 9.64 Å². The Morgan fingerprint density at radius 3 is 2.58 bits per heavy atom. The fraction of sp³-hybridized carbons (Fsp3) is 0.381. The van der Waals surface area contributed by atoms with Crippen molar-refractivity contribution in [3.8, 4) is 5.75 Å². The molecule has 0 bridgehead atoms. The van der Waals surface area contributed by atoms with Gasteiger partial charge in [-0.25, -0.2) is 10.2 Å². The zero-order chi connectivity index (χ0) is 22.2. The number of anilines is 1. The maximum absolute atomic E-state index is 8.64. The highest BCUT2D eigenvalue weighted by Crippen LogP contribution is 2.42. The van der Waals surface area contributed by atoms with E-state index in [1.54, 1.807) is 13.2 Å². The summed E-state index contributed by atoms with van der Waals surface area (Å²) in [5, 5.41) is 21.7. The van der Waals surface area contributed by atoms with E-state index in [1.807, 2.05) is 25.1 Å². The first-order valence-corrected chi connectivity index (χ1v) is 11.6. The normalized spacial score (nSPS) is 11.5. The van der Waals surface area contributed by atoms with Crippen molar-refractivity contribution in [3.63, 3.8) is 0 Å². The van der Waals surface area contributed by atoms with E-state index in [0.717, 1.165) is 53.9 Å². The number of nitrogens with zero attached hydrogens (tertiary/aromatic N) is 4. The molecule has 3 rings (SSSR count). The van der Waals surface area contributed by atoms with E-state index >= 15 is 0 Å². The molecule has 8 nitrogen and oxygen atoms in total. The molecule has 0 amide bonds. The second-order valence-corrected chi connectivity index (χ2v) is 8.62. The molecule has 2 aromatic carbocycles. The van der Waals surface area contributed by atoms with Crippen LogP contribution < -0.4 is 9.64 Å². The van der Waals surface area contributed by atoms with Gasteiger partial charge in [0.2, 0.25) is 5.13 Å². The van der Waals surface area contributed by atoms with Crippen LogP contribution in [0.2, 0.25) is 0 Å². The minimum absolute atomic E-state index is 0.519. The summed E-state index contributed by atoms with van der Waals surface area (Å²) in [6.07, 6.45) is 2.00. The number of methoxy groups -OCH3 is 1. The minimum Gasteiger partial charge on any atom is -0.495 e. The first-order chi connectivity index (χ1) is 15.1. The van der Waals surface area contributed by atoms with Crippen molar-refractivity contribution >= 4 is 50.1 Å². The van der Waals surface area contributed by atoms with Crippen LogP contribution in [0, 0.1) is 6.92 Å². The molecule has 10 heteroatoms. The number of aromatic nitrogens is 1. The minimum atomic E-state index is 0.519. The Bertz CT molecular complexity index is 1040. The molecule has 166 valence electrons. The van der Waals surface area contributed by atoms with E-state index < -0.39 is 0 Å². The van der Waals surface area contributed by atoms with E-state index in [1.165, 1.54) is 16.9 Å². The predicted molar refractivity (Wildman–Crippen MR) is 125 cm³/mol. The maximum Gasteiger partial charge on any atom is 0.231 e. The number of benzene rings is 2. The van der Waals surface area contributed by atoms with Gasteiger partial charge in [0.15, 0.2) is 0 Å². The third-order valence-electron chi connectivity index (χ3n) is 4.52. The van der Waals surface area contributed by atoms with Gasteiger partial charge in [-0.2, -0.15) is 0 Å². The third-order valence-corrected chi connectivity index (χ3v) is 6.06. The third kappa shape index (κ3) is 5.92. The van der Waals surface area contributed by atoms with Crippen LogP contribution in [0.4, 0.5) is 16.5 Å². The van der Waals surface area contributed by atoms with Crippen molar-refractivity contribution in [2.75, 3.05) is 25.1 Å². The molecular formula is C21H26N4O4S2. The summed E-state index contributed by atoms with van der Waals surface area (Å²) in [4.78, 5) is 7.39. The molecule has 31 heavy (non-hydrogen) atoms. The Labute approximate surface area is 189 Å². The first kappa shape index (κ1) is 23.4. The molecule has 0 atom stereocenters. The lowest BCUT2D eigenvalue weighted by Crippen LogP contribution is -2.25. The van der Waals surface area contributed by atoms with Gasteiger partial charge in [-0.15, -0.1) is 14.6 Å². The van der Waals surface area contributed by atoms with Gasteiger partial charge in [0.25, 0.3) is 0 Å². The summed E-state index contributed by atoms with van der Waals surface area (Å²) < 4.78 is 11.4. The molecular weight excluding hydrogens is 436 g/mol. The van der Waals surface area contributed by atoms with Crippen molar-refractivity contribution in [2.45, 2.75) is 38.5 Å². The summed E-state index contributed by atoms with van der Waals surface area (Å²) in [6, 6.07) is 9.78. The molecule has 0 spiro atoms. The highest BCUT2D eigenvalue weighted by atomic mass is 32.2. The van der Waals surface area contributed by atoms with Gasteiger partial charge in [0, 0.05) is 19.2 Å². The van der Waals surface area contributed by atoms with Gasteiger partial charge in [0.05, 0.1) is 40.0 Å². The molecule has 1 aromatic heterocycles. The molecule has 0 saturated carbocycles. The number of rotatable bonds is 11. The quantitative estimate of drug-likeness (QED) is 0.141. The van der Waals surface area contributed by atoms with Gasteiger partial charge in [-0.3, -0.25) is 0 Å². The van der Waals surface area contributed by atoms with Crippen LogP contribution in [-0.4, -0.2) is 30.4 Å². The highest BCUT2D eigenvalue weighted by molar-refractivity contribution is 7.94. The van der Waals surface area contributed by atoms with Crippen LogP contribution in [0.1, 0.15) is 32.3 Å². The summed E-state index contributed by atoms with van der Waals surface area (Å²) in [7, 11) is 1.63. The first-order valence-electron chi connectivity index (χ1n) is 10.00. The smallest absolute Gasteiger partial charge is 0.231 e. The lowest BCUT2D eigenvalue weighted by molar-refractivity contribution is -0.432. The van der Waals surface area contributed by atoms with Gasteiger partial charge >= 0.3 is 0 Å². The summed E-state index contributed by atoms with van der Waals surface area (Å²) in [5.74, 6) is 0.685. The molecule has 3 aromatic rings. The molecule has 1 heterocycles. The topological polar surface area (TPSA) is 88.8 Å². The fourth-order valence-electron chi connectivity index (χ4n) is 3.20. The van der Waals surface area contributed by atoms with E-state index in [9.17, 15) is 0 Å². The van der Waals surface area contributed by atoms with Gasteiger partial charge in [0.1, 0.15) is 11.4 Å². The van der Waals surface area contributed by atoms with Crippen LogP contribution in [0.5, 0.6) is 5.75 Å². The van der Waals surface area contributed by atoms with E-state index in [-0.39, 0.29) is 0 Å². The molecule has 0 unspecified atom stereocenters. The van der Waals surface area contributed by atoms with Gasteiger partial charge in [-0.1, -0.05) is 36.3 Å². The predicted octanol–water partition coefficient (Wildman–Crippen LogP) is 7.08. The Balaban J connectivity index is 1.99. The Hall–Kier alpha value is -2.24. The van der Waals surface area contributed by atoms with Crippen molar-refractivity contribution < 1.29 is 19.4 Å². The van der Waals surface area contributed by atoms with E-state index in [2.05, 4.69) is 45.1 Å². The van der Waals surface area contributed by atoms with Crippen LogP contribution in [0.25, 0.3) is 10.2 Å². The number of fused-ring (bicyclic) bond motifs is 1. The van der Waals surface area contributed by atoms with Crippen LogP contribution in [0.3, 0.4) is 0 Å². The fourth-order valence-corrected chi connectivity index (χ4v) is 4.53. The Morgan fingerprint density at radius 1 is 1.13 bits per heavy atom. The van der Waals surface area contributed by atoms with Crippen LogP contribution in [0.15, 0.2) is 45.5 Å². The summed E-state index contributed by atoms with van der Waals surface area (Å²) >= 11 is 2.32.